The monoisotopic (exact) mass is 422 g/mol. The van der Waals surface area contributed by atoms with Crippen molar-refractivity contribution in [3.05, 3.63) is 54.0 Å². The van der Waals surface area contributed by atoms with Gasteiger partial charge in [0.15, 0.2) is 5.76 Å². The zero-order valence-corrected chi connectivity index (χ0v) is 17.4. The molecule has 1 aliphatic rings. The molecule has 9 heteroatoms. The van der Waals surface area contributed by atoms with Crippen molar-refractivity contribution >= 4 is 15.9 Å². The first-order chi connectivity index (χ1) is 13.8. The third-order valence-electron chi connectivity index (χ3n) is 4.52. The van der Waals surface area contributed by atoms with Gasteiger partial charge in [-0.1, -0.05) is 18.2 Å². The fourth-order valence-electron chi connectivity index (χ4n) is 3.19. The molecule has 158 valence electrons. The van der Waals surface area contributed by atoms with Crippen molar-refractivity contribution in [1.82, 2.24) is 9.62 Å². The number of carbonyl (C=O) groups excluding carboxylic acids is 1. The van der Waals surface area contributed by atoms with Gasteiger partial charge in [-0.25, -0.2) is 8.42 Å². The molecule has 1 fully saturated rings. The minimum absolute atomic E-state index is 0.0129. The highest BCUT2D eigenvalue weighted by atomic mass is 32.2. The van der Waals surface area contributed by atoms with Crippen LogP contribution in [0.4, 0.5) is 0 Å². The summed E-state index contributed by atoms with van der Waals surface area (Å²) in [6.45, 7) is 4.48. The molecule has 3 rings (SSSR count). The summed E-state index contributed by atoms with van der Waals surface area (Å²) in [4.78, 5) is 12.4. The SMILES string of the molecule is CC1CN(S(=O)(=O)CCNC(=O)c2occc2COc2ccccc2)CC(C)O1. The smallest absolute Gasteiger partial charge is 0.287 e. The molecule has 0 bridgehead atoms. The van der Waals surface area contributed by atoms with E-state index in [4.69, 9.17) is 13.9 Å². The maximum atomic E-state index is 12.5. The summed E-state index contributed by atoms with van der Waals surface area (Å²) in [6, 6.07) is 10.9. The lowest BCUT2D eigenvalue weighted by Gasteiger charge is -2.34. The van der Waals surface area contributed by atoms with E-state index in [-0.39, 0.29) is 36.9 Å². The lowest BCUT2D eigenvalue weighted by Crippen LogP contribution is -2.49. The number of amides is 1. The molecule has 0 radical (unpaired) electrons. The van der Waals surface area contributed by atoms with E-state index in [1.165, 1.54) is 10.6 Å². The van der Waals surface area contributed by atoms with Crippen LogP contribution in [-0.4, -0.2) is 56.2 Å². The zero-order chi connectivity index (χ0) is 20.9. The highest BCUT2D eigenvalue weighted by Gasteiger charge is 2.30. The van der Waals surface area contributed by atoms with E-state index in [2.05, 4.69) is 5.32 Å². The van der Waals surface area contributed by atoms with Gasteiger partial charge in [-0.05, 0) is 32.0 Å². The Labute approximate surface area is 170 Å². The second-order valence-corrected chi connectivity index (χ2v) is 9.11. The van der Waals surface area contributed by atoms with E-state index in [1.54, 1.807) is 6.07 Å². The number of furan rings is 1. The molecule has 29 heavy (non-hydrogen) atoms. The summed E-state index contributed by atoms with van der Waals surface area (Å²) in [6.07, 6.45) is 1.10. The van der Waals surface area contributed by atoms with Crippen molar-refractivity contribution in [3.63, 3.8) is 0 Å². The van der Waals surface area contributed by atoms with Crippen molar-refractivity contribution in [2.75, 3.05) is 25.4 Å². The van der Waals surface area contributed by atoms with E-state index < -0.39 is 15.9 Å². The molecule has 1 aromatic heterocycles. The van der Waals surface area contributed by atoms with Crippen LogP contribution in [0.25, 0.3) is 0 Å². The Morgan fingerprint density at radius 3 is 2.55 bits per heavy atom. The Balaban J connectivity index is 1.51. The van der Waals surface area contributed by atoms with E-state index in [0.29, 0.717) is 24.4 Å². The molecule has 1 aliphatic heterocycles. The first kappa shape index (κ1) is 21.4. The summed E-state index contributed by atoms with van der Waals surface area (Å²) < 4.78 is 43.0. The minimum Gasteiger partial charge on any atom is -0.489 e. The molecule has 1 N–H and O–H groups in total. The van der Waals surface area contributed by atoms with Crippen molar-refractivity contribution < 1.29 is 27.1 Å². The summed E-state index contributed by atoms with van der Waals surface area (Å²) >= 11 is 0. The predicted octanol–water partition coefficient (Wildman–Crippen LogP) is 2.03. The van der Waals surface area contributed by atoms with E-state index in [1.807, 2.05) is 44.2 Å². The lowest BCUT2D eigenvalue weighted by atomic mass is 10.2. The van der Waals surface area contributed by atoms with Gasteiger partial charge in [0.1, 0.15) is 12.4 Å². The van der Waals surface area contributed by atoms with Gasteiger partial charge in [0.25, 0.3) is 5.91 Å². The molecular weight excluding hydrogens is 396 g/mol. The fourth-order valence-corrected chi connectivity index (χ4v) is 4.68. The number of hydrogen-bond donors (Lipinski definition) is 1. The average molecular weight is 423 g/mol. The van der Waals surface area contributed by atoms with Crippen LogP contribution in [0.2, 0.25) is 0 Å². The van der Waals surface area contributed by atoms with Gasteiger partial charge >= 0.3 is 0 Å². The largest absolute Gasteiger partial charge is 0.489 e. The number of para-hydroxylation sites is 1. The van der Waals surface area contributed by atoms with E-state index >= 15 is 0 Å². The number of sulfonamides is 1. The number of hydrogen-bond acceptors (Lipinski definition) is 6. The molecular formula is C20H26N2O6S. The van der Waals surface area contributed by atoms with Gasteiger partial charge in [0.05, 0.1) is 24.2 Å². The standard InChI is InChI=1S/C20H26N2O6S/c1-15-12-22(13-16(2)28-15)29(24,25)11-9-21-20(23)19-17(8-10-26-19)14-27-18-6-4-3-5-7-18/h3-8,10,15-16H,9,11-14H2,1-2H3,(H,21,23). The number of nitrogens with zero attached hydrogens (tertiary/aromatic N) is 1. The van der Waals surface area contributed by atoms with Crippen molar-refractivity contribution in [1.29, 1.82) is 0 Å². The maximum Gasteiger partial charge on any atom is 0.287 e. The second kappa shape index (κ2) is 9.43. The van der Waals surface area contributed by atoms with Crippen molar-refractivity contribution in [2.45, 2.75) is 32.7 Å². The van der Waals surface area contributed by atoms with Gasteiger partial charge < -0.3 is 19.2 Å². The van der Waals surface area contributed by atoms with Crippen molar-refractivity contribution in [3.8, 4) is 5.75 Å². The van der Waals surface area contributed by atoms with Gasteiger partial charge in [-0.3, -0.25) is 4.79 Å². The van der Waals surface area contributed by atoms with Gasteiger partial charge in [-0.15, -0.1) is 0 Å². The quantitative estimate of drug-likeness (QED) is 0.699. The average Bonchev–Trinajstić information content (AvgIpc) is 3.15. The fraction of sp³-hybridized carbons (Fsp3) is 0.450. The number of ether oxygens (including phenoxy) is 2. The molecule has 2 heterocycles. The van der Waals surface area contributed by atoms with Crippen LogP contribution in [0.3, 0.4) is 0 Å². The summed E-state index contributed by atoms with van der Waals surface area (Å²) in [5.41, 5.74) is 0.588. The van der Waals surface area contributed by atoms with E-state index in [0.717, 1.165) is 0 Å². The molecule has 2 atom stereocenters. The zero-order valence-electron chi connectivity index (χ0n) is 16.5. The lowest BCUT2D eigenvalue weighted by molar-refractivity contribution is -0.0440. The normalized spacial score (nSPS) is 20.3. The Kier molecular flexibility index (Phi) is 6.94. The Morgan fingerprint density at radius 2 is 1.86 bits per heavy atom. The first-order valence-corrected chi connectivity index (χ1v) is 11.1. The topological polar surface area (TPSA) is 98.1 Å². The summed E-state index contributed by atoms with van der Waals surface area (Å²) in [5.74, 6) is 0.141. The molecule has 1 saturated heterocycles. The van der Waals surface area contributed by atoms with Crippen LogP contribution in [0.1, 0.15) is 30.0 Å². The van der Waals surface area contributed by atoms with Gasteiger partial charge in [0, 0.05) is 25.2 Å². The molecule has 1 amide bonds. The van der Waals surface area contributed by atoms with Gasteiger partial charge in [-0.2, -0.15) is 4.31 Å². The van der Waals surface area contributed by atoms with Crippen LogP contribution in [-0.2, 0) is 21.4 Å². The Bertz CT molecular complexity index is 902. The molecule has 0 aliphatic carbocycles. The first-order valence-electron chi connectivity index (χ1n) is 9.51. The summed E-state index contributed by atoms with van der Waals surface area (Å²) in [7, 11) is -3.49. The molecule has 2 aromatic rings. The van der Waals surface area contributed by atoms with Crippen LogP contribution < -0.4 is 10.1 Å². The Hall–Kier alpha value is -2.36. The maximum absolute atomic E-state index is 12.5. The molecule has 1 aromatic carbocycles. The minimum atomic E-state index is -3.49. The number of morpholine rings is 1. The number of benzene rings is 1. The third-order valence-corrected chi connectivity index (χ3v) is 6.32. The number of nitrogens with one attached hydrogen (secondary N) is 1. The second-order valence-electron chi connectivity index (χ2n) is 7.02. The molecule has 0 spiro atoms. The van der Waals surface area contributed by atoms with Crippen LogP contribution in [0, 0.1) is 0 Å². The number of carbonyl (C=O) groups is 1. The van der Waals surface area contributed by atoms with Crippen LogP contribution in [0.15, 0.2) is 47.1 Å². The molecule has 0 saturated carbocycles. The van der Waals surface area contributed by atoms with E-state index in [9.17, 15) is 13.2 Å². The third kappa shape index (κ3) is 5.81. The predicted molar refractivity (Wildman–Crippen MR) is 107 cm³/mol. The van der Waals surface area contributed by atoms with Crippen LogP contribution in [0.5, 0.6) is 5.75 Å². The number of rotatable bonds is 8. The molecule has 8 nitrogen and oxygen atoms in total. The summed E-state index contributed by atoms with van der Waals surface area (Å²) in [5, 5.41) is 2.62. The van der Waals surface area contributed by atoms with Crippen molar-refractivity contribution in [2.24, 2.45) is 0 Å². The van der Waals surface area contributed by atoms with Crippen LogP contribution >= 0.6 is 0 Å². The highest BCUT2D eigenvalue weighted by Crippen LogP contribution is 2.17. The van der Waals surface area contributed by atoms with Gasteiger partial charge in [0.2, 0.25) is 10.0 Å². The molecule has 2 unspecified atom stereocenters. The highest BCUT2D eigenvalue weighted by molar-refractivity contribution is 7.89. The Morgan fingerprint density at radius 1 is 1.17 bits per heavy atom.